The molecule has 1 aromatic carbocycles. The van der Waals surface area contributed by atoms with Crippen molar-refractivity contribution in [1.29, 1.82) is 0 Å². The van der Waals surface area contributed by atoms with Crippen molar-refractivity contribution in [3.63, 3.8) is 0 Å². The number of benzene rings is 1. The standard InChI is InChI=1S/C10H13F3N2O2/c11-10(12,13)17-8-3-1-2-6(9(8)16)7(15)4-5-14/h1-3,7,16H,4-5,14-15H2/t7-/m0/s1. The van der Waals surface area contributed by atoms with Gasteiger partial charge in [-0.2, -0.15) is 0 Å². The van der Waals surface area contributed by atoms with Crippen LogP contribution in [0.5, 0.6) is 11.5 Å². The topological polar surface area (TPSA) is 81.5 Å². The number of nitrogens with two attached hydrogens (primary N) is 2. The third-order valence-corrected chi connectivity index (χ3v) is 2.13. The van der Waals surface area contributed by atoms with Crippen LogP contribution in [0.2, 0.25) is 0 Å². The molecule has 0 bridgehead atoms. The summed E-state index contributed by atoms with van der Waals surface area (Å²) in [5, 5.41) is 9.60. The number of alkyl halides is 3. The van der Waals surface area contributed by atoms with Crippen LogP contribution in [0.1, 0.15) is 18.0 Å². The molecule has 4 nitrogen and oxygen atoms in total. The summed E-state index contributed by atoms with van der Waals surface area (Å²) in [4.78, 5) is 0. The minimum Gasteiger partial charge on any atom is -0.504 e. The summed E-state index contributed by atoms with van der Waals surface area (Å²) >= 11 is 0. The molecule has 5 N–H and O–H groups in total. The first kappa shape index (κ1) is 13.6. The molecule has 17 heavy (non-hydrogen) atoms. The summed E-state index contributed by atoms with van der Waals surface area (Å²) in [5.74, 6) is -1.27. The lowest BCUT2D eigenvalue weighted by Crippen LogP contribution is -2.19. The van der Waals surface area contributed by atoms with Crippen LogP contribution >= 0.6 is 0 Å². The zero-order valence-corrected chi connectivity index (χ0v) is 8.87. The van der Waals surface area contributed by atoms with Gasteiger partial charge in [0.2, 0.25) is 0 Å². The van der Waals surface area contributed by atoms with Crippen LogP contribution in [0.3, 0.4) is 0 Å². The lowest BCUT2D eigenvalue weighted by Gasteiger charge is -2.16. The van der Waals surface area contributed by atoms with Gasteiger partial charge in [-0.3, -0.25) is 0 Å². The van der Waals surface area contributed by atoms with Crippen LogP contribution in [0.4, 0.5) is 13.2 Å². The van der Waals surface area contributed by atoms with Crippen LogP contribution in [0.15, 0.2) is 18.2 Å². The van der Waals surface area contributed by atoms with Crippen molar-refractivity contribution in [1.82, 2.24) is 0 Å². The molecule has 1 aromatic rings. The summed E-state index contributed by atoms with van der Waals surface area (Å²) in [6, 6.07) is 3.14. The van der Waals surface area contributed by atoms with E-state index in [1.54, 1.807) is 0 Å². The highest BCUT2D eigenvalue weighted by atomic mass is 19.4. The van der Waals surface area contributed by atoms with Crippen LogP contribution < -0.4 is 16.2 Å². The van der Waals surface area contributed by atoms with E-state index in [9.17, 15) is 18.3 Å². The van der Waals surface area contributed by atoms with Crippen LogP contribution in [-0.4, -0.2) is 18.0 Å². The second kappa shape index (κ2) is 5.24. The molecule has 0 aliphatic rings. The second-order valence-corrected chi connectivity index (χ2v) is 3.43. The number of phenolic OH excluding ortho intramolecular Hbond substituents is 1. The van der Waals surface area contributed by atoms with E-state index in [-0.39, 0.29) is 12.1 Å². The minimum absolute atomic E-state index is 0.178. The molecule has 0 aromatic heterocycles. The number of aromatic hydroxyl groups is 1. The monoisotopic (exact) mass is 250 g/mol. The van der Waals surface area contributed by atoms with Gasteiger partial charge in [0.15, 0.2) is 11.5 Å². The Morgan fingerprint density at radius 2 is 2.00 bits per heavy atom. The molecular formula is C10H13F3N2O2. The van der Waals surface area contributed by atoms with E-state index in [1.807, 2.05) is 0 Å². The second-order valence-electron chi connectivity index (χ2n) is 3.43. The van der Waals surface area contributed by atoms with Gasteiger partial charge < -0.3 is 21.3 Å². The van der Waals surface area contributed by atoms with Crippen LogP contribution in [-0.2, 0) is 0 Å². The van der Waals surface area contributed by atoms with Gasteiger partial charge in [-0.25, -0.2) is 0 Å². The third-order valence-electron chi connectivity index (χ3n) is 2.13. The first-order valence-electron chi connectivity index (χ1n) is 4.88. The van der Waals surface area contributed by atoms with E-state index in [4.69, 9.17) is 11.5 Å². The third kappa shape index (κ3) is 3.79. The Labute approximate surface area is 96.0 Å². The maximum Gasteiger partial charge on any atom is 0.573 e. The molecule has 0 saturated carbocycles. The molecular weight excluding hydrogens is 237 g/mol. The van der Waals surface area contributed by atoms with Crippen molar-refractivity contribution in [2.75, 3.05) is 6.54 Å². The molecule has 7 heteroatoms. The van der Waals surface area contributed by atoms with E-state index in [0.717, 1.165) is 6.07 Å². The predicted octanol–water partition coefficient (Wildman–Crippen LogP) is 1.64. The van der Waals surface area contributed by atoms with E-state index in [0.29, 0.717) is 6.42 Å². The molecule has 1 rings (SSSR count). The molecule has 0 spiro atoms. The summed E-state index contributed by atoms with van der Waals surface area (Å²) in [7, 11) is 0. The number of rotatable bonds is 4. The Kier molecular flexibility index (Phi) is 4.19. The lowest BCUT2D eigenvalue weighted by molar-refractivity contribution is -0.275. The number of halogens is 3. The SMILES string of the molecule is NCC[C@H](N)c1cccc(OC(F)(F)F)c1O. The van der Waals surface area contributed by atoms with E-state index in [1.165, 1.54) is 12.1 Å². The molecule has 0 aliphatic heterocycles. The van der Waals surface area contributed by atoms with E-state index < -0.39 is 23.9 Å². The maximum atomic E-state index is 12.0. The van der Waals surface area contributed by atoms with Crippen molar-refractivity contribution in [3.05, 3.63) is 23.8 Å². The lowest BCUT2D eigenvalue weighted by atomic mass is 10.0. The van der Waals surface area contributed by atoms with Gasteiger partial charge in [0, 0.05) is 11.6 Å². The number of hydrogen-bond acceptors (Lipinski definition) is 4. The van der Waals surface area contributed by atoms with Gasteiger partial charge in [-0.05, 0) is 19.0 Å². The number of para-hydroxylation sites is 1. The van der Waals surface area contributed by atoms with Crippen molar-refractivity contribution in [2.45, 2.75) is 18.8 Å². The largest absolute Gasteiger partial charge is 0.573 e. The molecule has 1 atom stereocenters. The summed E-state index contributed by atoms with van der Waals surface area (Å²) in [6.07, 6.45) is -4.50. The molecule has 96 valence electrons. The zero-order chi connectivity index (χ0) is 13.1. The zero-order valence-electron chi connectivity index (χ0n) is 8.87. The fourth-order valence-corrected chi connectivity index (χ4v) is 1.38. The van der Waals surface area contributed by atoms with Gasteiger partial charge >= 0.3 is 6.36 Å². The summed E-state index contributed by atoms with van der Waals surface area (Å²) < 4.78 is 39.7. The fourth-order valence-electron chi connectivity index (χ4n) is 1.38. The highest BCUT2D eigenvalue weighted by molar-refractivity contribution is 5.46. The molecule has 0 saturated heterocycles. The average molecular weight is 250 g/mol. The number of phenols is 1. The number of hydrogen-bond donors (Lipinski definition) is 3. The van der Waals surface area contributed by atoms with Gasteiger partial charge in [-0.15, -0.1) is 13.2 Å². The molecule has 0 fully saturated rings. The average Bonchev–Trinajstić information content (AvgIpc) is 2.19. The Balaban J connectivity index is 2.99. The summed E-state index contributed by atoms with van der Waals surface area (Å²) in [5.41, 5.74) is 11.1. The van der Waals surface area contributed by atoms with Crippen molar-refractivity contribution >= 4 is 0 Å². The van der Waals surface area contributed by atoms with E-state index in [2.05, 4.69) is 4.74 Å². The Hall–Kier alpha value is -1.47. The minimum atomic E-state index is -4.85. The first-order valence-corrected chi connectivity index (χ1v) is 4.88. The first-order chi connectivity index (χ1) is 7.85. The highest BCUT2D eigenvalue weighted by Gasteiger charge is 2.32. The van der Waals surface area contributed by atoms with Crippen LogP contribution in [0.25, 0.3) is 0 Å². The Morgan fingerprint density at radius 1 is 1.35 bits per heavy atom. The summed E-state index contributed by atoms with van der Waals surface area (Å²) in [6.45, 7) is 0.269. The fraction of sp³-hybridized carbons (Fsp3) is 0.400. The normalized spacial score (nSPS) is 13.5. The quantitative estimate of drug-likeness (QED) is 0.758. The van der Waals surface area contributed by atoms with Gasteiger partial charge in [0.05, 0.1) is 0 Å². The Bertz CT molecular complexity index is 382. The number of ether oxygens (including phenoxy) is 1. The van der Waals surface area contributed by atoms with Gasteiger partial charge in [0.1, 0.15) is 0 Å². The van der Waals surface area contributed by atoms with Gasteiger partial charge in [0.25, 0.3) is 0 Å². The molecule has 0 amide bonds. The highest BCUT2D eigenvalue weighted by Crippen LogP contribution is 2.36. The maximum absolute atomic E-state index is 12.0. The molecule has 0 heterocycles. The van der Waals surface area contributed by atoms with Crippen LogP contribution in [0, 0.1) is 0 Å². The smallest absolute Gasteiger partial charge is 0.504 e. The molecule has 0 aliphatic carbocycles. The van der Waals surface area contributed by atoms with Crippen molar-refractivity contribution in [2.24, 2.45) is 11.5 Å². The van der Waals surface area contributed by atoms with E-state index >= 15 is 0 Å². The molecule has 0 radical (unpaired) electrons. The van der Waals surface area contributed by atoms with Crippen molar-refractivity contribution in [3.8, 4) is 11.5 Å². The predicted molar refractivity (Wildman–Crippen MR) is 55.4 cm³/mol. The van der Waals surface area contributed by atoms with Gasteiger partial charge in [-0.1, -0.05) is 12.1 Å². The Morgan fingerprint density at radius 3 is 2.53 bits per heavy atom. The molecule has 0 unspecified atom stereocenters. The van der Waals surface area contributed by atoms with Crippen molar-refractivity contribution < 1.29 is 23.0 Å².